The lowest BCUT2D eigenvalue weighted by molar-refractivity contribution is -0.142. The summed E-state index contributed by atoms with van der Waals surface area (Å²) >= 11 is 0. The van der Waals surface area contributed by atoms with E-state index in [4.69, 9.17) is 5.11 Å². The van der Waals surface area contributed by atoms with Crippen molar-refractivity contribution in [3.05, 3.63) is 29.8 Å². The van der Waals surface area contributed by atoms with Crippen molar-refractivity contribution >= 4 is 17.9 Å². The van der Waals surface area contributed by atoms with Crippen LogP contribution >= 0.6 is 0 Å². The van der Waals surface area contributed by atoms with Gasteiger partial charge in [-0.25, -0.2) is 4.79 Å². The molecular formula is C11H14N2O3. The van der Waals surface area contributed by atoms with Crippen molar-refractivity contribution < 1.29 is 14.7 Å². The van der Waals surface area contributed by atoms with E-state index in [1.165, 1.54) is 6.21 Å². The molecule has 86 valence electrons. The van der Waals surface area contributed by atoms with Crippen LogP contribution in [0, 0.1) is 0 Å². The molecule has 0 aliphatic carbocycles. The van der Waals surface area contributed by atoms with Crippen molar-refractivity contribution in [2.24, 2.45) is 5.16 Å². The van der Waals surface area contributed by atoms with Gasteiger partial charge >= 0.3 is 5.97 Å². The molecule has 0 amide bonds. The number of oxime groups is 1. The van der Waals surface area contributed by atoms with Gasteiger partial charge in [0.1, 0.15) is 0 Å². The third-order valence-electron chi connectivity index (χ3n) is 1.87. The number of benzene rings is 1. The Morgan fingerprint density at radius 2 is 2.06 bits per heavy atom. The van der Waals surface area contributed by atoms with Crippen molar-refractivity contribution in [2.75, 3.05) is 25.6 Å². The Hall–Kier alpha value is -2.04. The highest BCUT2D eigenvalue weighted by molar-refractivity contribution is 5.80. The number of carboxylic acids is 1. The zero-order chi connectivity index (χ0) is 12.0. The maximum Gasteiger partial charge on any atom is 0.344 e. The maximum absolute atomic E-state index is 10.1. The summed E-state index contributed by atoms with van der Waals surface area (Å²) in [4.78, 5) is 16.6. The second-order valence-electron chi connectivity index (χ2n) is 3.39. The Bertz CT molecular complexity index is 371. The topological polar surface area (TPSA) is 62.1 Å². The number of carbonyl (C=O) groups is 1. The molecule has 0 aromatic heterocycles. The molecule has 0 fully saturated rings. The summed E-state index contributed by atoms with van der Waals surface area (Å²) < 4.78 is 0. The smallest absolute Gasteiger partial charge is 0.344 e. The fraction of sp³-hybridized carbons (Fsp3) is 0.273. The van der Waals surface area contributed by atoms with Crippen LogP contribution in [0.3, 0.4) is 0 Å². The molecule has 0 radical (unpaired) electrons. The minimum absolute atomic E-state index is 0.424. The van der Waals surface area contributed by atoms with Gasteiger partial charge in [0, 0.05) is 19.8 Å². The van der Waals surface area contributed by atoms with Crippen molar-refractivity contribution in [1.29, 1.82) is 0 Å². The SMILES string of the molecule is CN(C)c1ccc(/C=N/OCC(=O)O)cc1. The van der Waals surface area contributed by atoms with Crippen LogP contribution in [0.4, 0.5) is 5.69 Å². The lowest BCUT2D eigenvalue weighted by atomic mass is 10.2. The fourth-order valence-corrected chi connectivity index (χ4v) is 1.05. The van der Waals surface area contributed by atoms with Crippen LogP contribution < -0.4 is 4.90 Å². The lowest BCUT2D eigenvalue weighted by Gasteiger charge is -2.11. The summed E-state index contributed by atoms with van der Waals surface area (Å²) in [5.74, 6) is -1.04. The zero-order valence-electron chi connectivity index (χ0n) is 9.25. The highest BCUT2D eigenvalue weighted by Crippen LogP contribution is 2.10. The van der Waals surface area contributed by atoms with Gasteiger partial charge in [-0.15, -0.1) is 0 Å². The normalized spacial score (nSPS) is 10.4. The predicted octanol–water partition coefficient (Wildman–Crippen LogP) is 1.19. The zero-order valence-corrected chi connectivity index (χ0v) is 9.25. The quantitative estimate of drug-likeness (QED) is 0.600. The predicted molar refractivity (Wildman–Crippen MR) is 62.0 cm³/mol. The fourth-order valence-electron chi connectivity index (χ4n) is 1.05. The van der Waals surface area contributed by atoms with Crippen LogP contribution in [0.15, 0.2) is 29.4 Å². The maximum atomic E-state index is 10.1. The van der Waals surface area contributed by atoms with Crippen molar-refractivity contribution in [3.8, 4) is 0 Å². The summed E-state index contributed by atoms with van der Waals surface area (Å²) in [5, 5.41) is 11.8. The number of nitrogens with zero attached hydrogens (tertiary/aromatic N) is 2. The molecule has 1 N–H and O–H groups in total. The highest BCUT2D eigenvalue weighted by atomic mass is 16.6. The van der Waals surface area contributed by atoms with Crippen molar-refractivity contribution in [1.82, 2.24) is 0 Å². The average Bonchev–Trinajstić information content (AvgIpc) is 2.25. The Kier molecular flexibility index (Phi) is 4.32. The number of hydrogen-bond acceptors (Lipinski definition) is 4. The van der Waals surface area contributed by atoms with Gasteiger partial charge in [0.25, 0.3) is 0 Å². The molecule has 5 nitrogen and oxygen atoms in total. The van der Waals surface area contributed by atoms with Crippen LogP contribution in [-0.2, 0) is 9.63 Å². The molecule has 5 heteroatoms. The van der Waals surface area contributed by atoms with E-state index in [-0.39, 0.29) is 0 Å². The van der Waals surface area contributed by atoms with E-state index in [2.05, 4.69) is 9.99 Å². The first kappa shape index (κ1) is 12.0. The molecule has 1 rings (SSSR count). The molecule has 0 heterocycles. The Morgan fingerprint density at radius 3 is 2.56 bits per heavy atom. The molecule has 1 aromatic carbocycles. The molecule has 0 atom stereocenters. The van der Waals surface area contributed by atoms with Gasteiger partial charge in [0.2, 0.25) is 6.61 Å². The highest BCUT2D eigenvalue weighted by Gasteiger charge is 1.95. The Balaban J connectivity index is 2.51. The van der Waals surface area contributed by atoms with Crippen molar-refractivity contribution in [2.45, 2.75) is 0 Å². The van der Waals surface area contributed by atoms with Gasteiger partial charge in [0.05, 0.1) is 6.21 Å². The molecule has 0 saturated carbocycles. The molecule has 0 aliphatic rings. The molecule has 0 aliphatic heterocycles. The Labute approximate surface area is 93.9 Å². The number of rotatable bonds is 5. The van der Waals surface area contributed by atoms with Gasteiger partial charge < -0.3 is 14.8 Å². The molecular weight excluding hydrogens is 208 g/mol. The number of carboxylic acid groups (broad SMARTS) is 1. The third-order valence-corrected chi connectivity index (χ3v) is 1.87. The lowest BCUT2D eigenvalue weighted by Crippen LogP contribution is -2.08. The minimum atomic E-state index is -1.04. The summed E-state index contributed by atoms with van der Waals surface area (Å²) in [7, 11) is 3.91. The van der Waals surface area contributed by atoms with Gasteiger partial charge in [-0.3, -0.25) is 0 Å². The van der Waals surface area contributed by atoms with E-state index in [0.717, 1.165) is 11.3 Å². The minimum Gasteiger partial charge on any atom is -0.479 e. The second kappa shape index (κ2) is 5.75. The molecule has 16 heavy (non-hydrogen) atoms. The molecule has 0 saturated heterocycles. The van der Waals surface area contributed by atoms with E-state index in [1.54, 1.807) is 0 Å². The first-order chi connectivity index (χ1) is 7.59. The standard InChI is InChI=1S/C11H14N2O3/c1-13(2)10-5-3-9(4-6-10)7-12-16-8-11(14)15/h3-7H,8H2,1-2H3,(H,14,15)/b12-7+. The number of aliphatic carboxylic acids is 1. The molecule has 0 spiro atoms. The van der Waals surface area contributed by atoms with Gasteiger partial charge in [-0.2, -0.15) is 0 Å². The summed E-state index contributed by atoms with van der Waals surface area (Å²) in [6.45, 7) is -0.424. The largest absolute Gasteiger partial charge is 0.479 e. The van der Waals surface area contributed by atoms with E-state index in [0.29, 0.717) is 0 Å². The van der Waals surface area contributed by atoms with E-state index in [9.17, 15) is 4.79 Å². The van der Waals surface area contributed by atoms with Crippen molar-refractivity contribution in [3.63, 3.8) is 0 Å². The third kappa shape index (κ3) is 4.00. The first-order valence-corrected chi connectivity index (χ1v) is 4.74. The van der Waals surface area contributed by atoms with Gasteiger partial charge in [-0.05, 0) is 17.7 Å². The van der Waals surface area contributed by atoms with E-state index in [1.807, 2.05) is 43.3 Å². The Morgan fingerprint density at radius 1 is 1.44 bits per heavy atom. The van der Waals surface area contributed by atoms with Crippen LogP contribution in [-0.4, -0.2) is 38.0 Å². The summed E-state index contributed by atoms with van der Waals surface area (Å²) in [6, 6.07) is 7.64. The van der Waals surface area contributed by atoms with E-state index >= 15 is 0 Å². The monoisotopic (exact) mass is 222 g/mol. The second-order valence-corrected chi connectivity index (χ2v) is 3.39. The summed E-state index contributed by atoms with van der Waals surface area (Å²) in [6.07, 6.45) is 1.47. The van der Waals surface area contributed by atoms with Crippen LogP contribution in [0.2, 0.25) is 0 Å². The van der Waals surface area contributed by atoms with Gasteiger partial charge in [0.15, 0.2) is 0 Å². The molecule has 1 aromatic rings. The van der Waals surface area contributed by atoms with Gasteiger partial charge in [-0.1, -0.05) is 17.3 Å². The van der Waals surface area contributed by atoms with Crippen LogP contribution in [0.1, 0.15) is 5.56 Å². The average molecular weight is 222 g/mol. The van der Waals surface area contributed by atoms with Crippen LogP contribution in [0.25, 0.3) is 0 Å². The summed E-state index contributed by atoms with van der Waals surface area (Å²) in [5.41, 5.74) is 1.94. The molecule has 0 unspecified atom stereocenters. The number of hydrogen-bond donors (Lipinski definition) is 1. The number of anilines is 1. The first-order valence-electron chi connectivity index (χ1n) is 4.74. The van der Waals surface area contributed by atoms with E-state index < -0.39 is 12.6 Å². The molecule has 0 bridgehead atoms. The van der Waals surface area contributed by atoms with Crippen LogP contribution in [0.5, 0.6) is 0 Å².